The zero-order valence-electron chi connectivity index (χ0n) is 10.8. The Bertz CT molecular complexity index is 700. The second-order valence-electron chi connectivity index (χ2n) is 4.73. The Morgan fingerprint density at radius 3 is 2.80 bits per heavy atom. The van der Waals surface area contributed by atoms with Crippen molar-refractivity contribution >= 4 is 11.6 Å². The van der Waals surface area contributed by atoms with Crippen LogP contribution in [0.1, 0.15) is 17.2 Å². The number of carbonyl (C=O) groups is 1. The van der Waals surface area contributed by atoms with Crippen molar-refractivity contribution in [2.75, 3.05) is 5.32 Å². The van der Waals surface area contributed by atoms with Gasteiger partial charge in [-0.05, 0) is 36.8 Å². The summed E-state index contributed by atoms with van der Waals surface area (Å²) in [4.78, 5) is 11.5. The van der Waals surface area contributed by atoms with E-state index >= 15 is 0 Å². The summed E-state index contributed by atoms with van der Waals surface area (Å²) >= 11 is 0. The van der Waals surface area contributed by atoms with Crippen molar-refractivity contribution in [3.8, 4) is 11.5 Å². The third-order valence-corrected chi connectivity index (χ3v) is 3.26. The number of amides is 1. The largest absolute Gasteiger partial charge is 0.457 e. The maximum absolute atomic E-state index is 13.0. The summed E-state index contributed by atoms with van der Waals surface area (Å²) in [5, 5.41) is 2.69. The summed E-state index contributed by atoms with van der Waals surface area (Å²) in [5.74, 6) is 0.602. The molecule has 2 aromatic rings. The van der Waals surface area contributed by atoms with Crippen LogP contribution < -0.4 is 15.8 Å². The number of fused-ring (bicyclic) bond motifs is 1. The first-order chi connectivity index (χ1) is 9.54. The summed E-state index contributed by atoms with van der Waals surface area (Å²) in [6.07, 6.45) is 0. The van der Waals surface area contributed by atoms with Gasteiger partial charge in [0.15, 0.2) is 0 Å². The topological polar surface area (TPSA) is 64.3 Å². The third kappa shape index (κ3) is 2.12. The van der Waals surface area contributed by atoms with E-state index in [9.17, 15) is 9.18 Å². The molecular formula is C15H13FN2O2. The minimum atomic E-state index is -0.633. The lowest BCUT2D eigenvalue weighted by Crippen LogP contribution is -2.19. The Hall–Kier alpha value is -2.40. The van der Waals surface area contributed by atoms with Crippen LogP contribution in [-0.2, 0) is 4.79 Å². The highest BCUT2D eigenvalue weighted by molar-refractivity contribution is 6.02. The molecule has 1 unspecified atom stereocenters. The summed E-state index contributed by atoms with van der Waals surface area (Å²) in [6.45, 7) is 1.77. The third-order valence-electron chi connectivity index (χ3n) is 3.26. The fourth-order valence-electron chi connectivity index (χ4n) is 2.18. The molecule has 0 saturated carbocycles. The number of halogens is 1. The van der Waals surface area contributed by atoms with Crippen LogP contribution in [0.15, 0.2) is 36.4 Å². The fourth-order valence-corrected chi connectivity index (χ4v) is 2.18. The molecule has 4 nitrogen and oxygen atoms in total. The first-order valence-corrected chi connectivity index (χ1v) is 6.19. The standard InChI is InChI=1S/C15H13FN2O2/c1-8-6-9(16)2-5-13(8)20-10-3-4-11-12(7-10)18-15(19)14(11)17/h2-7,14H,17H2,1H3,(H,18,19). The number of rotatable bonds is 2. The van der Waals surface area contributed by atoms with Gasteiger partial charge in [-0.15, -0.1) is 0 Å². The van der Waals surface area contributed by atoms with Gasteiger partial charge in [-0.1, -0.05) is 6.07 Å². The average Bonchev–Trinajstić information content (AvgIpc) is 2.68. The minimum absolute atomic E-state index is 0.227. The van der Waals surface area contributed by atoms with Crippen LogP contribution in [0.5, 0.6) is 11.5 Å². The van der Waals surface area contributed by atoms with Crippen LogP contribution in [-0.4, -0.2) is 5.91 Å². The molecule has 0 aromatic heterocycles. The van der Waals surface area contributed by atoms with Crippen LogP contribution in [0, 0.1) is 12.7 Å². The Morgan fingerprint density at radius 1 is 1.25 bits per heavy atom. The van der Waals surface area contributed by atoms with Gasteiger partial charge in [0.1, 0.15) is 23.4 Å². The molecule has 1 aliphatic rings. The molecule has 0 fully saturated rings. The molecule has 0 saturated heterocycles. The summed E-state index contributed by atoms with van der Waals surface area (Å²) in [7, 11) is 0. The number of nitrogens with one attached hydrogen (secondary N) is 1. The SMILES string of the molecule is Cc1cc(F)ccc1Oc1ccc2c(c1)NC(=O)C2N. The second-order valence-corrected chi connectivity index (χ2v) is 4.73. The highest BCUT2D eigenvalue weighted by Crippen LogP contribution is 2.34. The first kappa shape index (κ1) is 12.6. The van der Waals surface area contributed by atoms with Crippen molar-refractivity contribution in [3.05, 3.63) is 53.3 Å². The smallest absolute Gasteiger partial charge is 0.245 e. The summed E-state index contributed by atoms with van der Waals surface area (Å²) in [5.41, 5.74) is 7.84. The van der Waals surface area contributed by atoms with E-state index in [0.717, 1.165) is 5.56 Å². The van der Waals surface area contributed by atoms with Gasteiger partial charge in [-0.25, -0.2) is 4.39 Å². The average molecular weight is 272 g/mol. The Labute approximate surface area is 115 Å². The van der Waals surface area contributed by atoms with E-state index in [-0.39, 0.29) is 11.7 Å². The number of anilines is 1. The van der Waals surface area contributed by atoms with Gasteiger partial charge in [-0.2, -0.15) is 0 Å². The molecule has 20 heavy (non-hydrogen) atoms. The minimum Gasteiger partial charge on any atom is -0.457 e. The van der Waals surface area contributed by atoms with Crippen molar-refractivity contribution in [2.24, 2.45) is 5.73 Å². The van der Waals surface area contributed by atoms with Gasteiger partial charge in [0, 0.05) is 17.3 Å². The molecule has 1 heterocycles. The van der Waals surface area contributed by atoms with E-state index < -0.39 is 6.04 Å². The molecule has 1 atom stereocenters. The van der Waals surface area contributed by atoms with Crippen molar-refractivity contribution in [3.63, 3.8) is 0 Å². The molecule has 2 aromatic carbocycles. The summed E-state index contributed by atoms with van der Waals surface area (Å²) in [6, 6.07) is 8.89. The number of carbonyl (C=O) groups excluding carboxylic acids is 1. The maximum Gasteiger partial charge on any atom is 0.245 e. The maximum atomic E-state index is 13.0. The molecule has 1 amide bonds. The van der Waals surface area contributed by atoms with E-state index in [4.69, 9.17) is 10.5 Å². The van der Waals surface area contributed by atoms with Gasteiger partial charge in [-0.3, -0.25) is 4.79 Å². The van der Waals surface area contributed by atoms with E-state index in [1.807, 2.05) is 0 Å². The van der Waals surface area contributed by atoms with Gasteiger partial charge in [0.05, 0.1) is 0 Å². The van der Waals surface area contributed by atoms with Crippen molar-refractivity contribution in [1.29, 1.82) is 0 Å². The lowest BCUT2D eigenvalue weighted by atomic mass is 10.1. The van der Waals surface area contributed by atoms with Gasteiger partial charge >= 0.3 is 0 Å². The van der Waals surface area contributed by atoms with Gasteiger partial charge in [0.25, 0.3) is 0 Å². The van der Waals surface area contributed by atoms with E-state index in [0.29, 0.717) is 22.7 Å². The molecule has 3 N–H and O–H groups in total. The number of aryl methyl sites for hydroxylation is 1. The Balaban J connectivity index is 1.90. The summed E-state index contributed by atoms with van der Waals surface area (Å²) < 4.78 is 18.7. The predicted octanol–water partition coefficient (Wildman–Crippen LogP) is 2.88. The molecule has 5 heteroatoms. The number of hydrogen-bond donors (Lipinski definition) is 2. The first-order valence-electron chi connectivity index (χ1n) is 6.19. The monoisotopic (exact) mass is 272 g/mol. The van der Waals surface area contributed by atoms with Crippen LogP contribution in [0.25, 0.3) is 0 Å². The number of hydrogen-bond acceptors (Lipinski definition) is 3. The van der Waals surface area contributed by atoms with Crippen LogP contribution in [0.4, 0.5) is 10.1 Å². The zero-order valence-corrected chi connectivity index (χ0v) is 10.8. The van der Waals surface area contributed by atoms with Crippen LogP contribution in [0.3, 0.4) is 0 Å². The van der Waals surface area contributed by atoms with Crippen LogP contribution >= 0.6 is 0 Å². The van der Waals surface area contributed by atoms with Crippen molar-refractivity contribution in [1.82, 2.24) is 0 Å². The molecule has 1 aliphatic heterocycles. The molecule has 0 bridgehead atoms. The van der Waals surface area contributed by atoms with Gasteiger partial charge < -0.3 is 15.8 Å². The predicted molar refractivity (Wildman–Crippen MR) is 73.2 cm³/mol. The second kappa shape index (κ2) is 4.61. The molecule has 0 radical (unpaired) electrons. The normalized spacial score (nSPS) is 16.8. The number of ether oxygens (including phenoxy) is 1. The van der Waals surface area contributed by atoms with E-state index in [1.165, 1.54) is 12.1 Å². The highest BCUT2D eigenvalue weighted by Gasteiger charge is 2.27. The van der Waals surface area contributed by atoms with Gasteiger partial charge in [0.2, 0.25) is 5.91 Å². The number of nitrogens with two attached hydrogens (primary N) is 1. The molecular weight excluding hydrogens is 259 g/mol. The molecule has 0 aliphatic carbocycles. The lowest BCUT2D eigenvalue weighted by molar-refractivity contribution is -0.116. The highest BCUT2D eigenvalue weighted by atomic mass is 19.1. The Morgan fingerprint density at radius 2 is 2.05 bits per heavy atom. The van der Waals surface area contributed by atoms with Crippen molar-refractivity contribution < 1.29 is 13.9 Å². The van der Waals surface area contributed by atoms with Crippen molar-refractivity contribution in [2.45, 2.75) is 13.0 Å². The molecule has 3 rings (SSSR count). The fraction of sp³-hybridized carbons (Fsp3) is 0.133. The quantitative estimate of drug-likeness (QED) is 0.883. The Kier molecular flexibility index (Phi) is 2.91. The molecule has 102 valence electrons. The molecule has 0 spiro atoms. The number of benzene rings is 2. The lowest BCUT2D eigenvalue weighted by Gasteiger charge is -2.10. The zero-order chi connectivity index (χ0) is 14.3. The van der Waals surface area contributed by atoms with Crippen LogP contribution in [0.2, 0.25) is 0 Å². The van der Waals surface area contributed by atoms with E-state index in [1.54, 1.807) is 31.2 Å². The van der Waals surface area contributed by atoms with E-state index in [2.05, 4.69) is 5.32 Å².